The lowest BCUT2D eigenvalue weighted by atomic mass is 9.33. The van der Waals surface area contributed by atoms with Gasteiger partial charge in [-0.3, -0.25) is 0 Å². The Morgan fingerprint density at radius 1 is 0.365 bits per heavy atom. The summed E-state index contributed by atoms with van der Waals surface area (Å²) in [6.07, 6.45) is 0. The van der Waals surface area contributed by atoms with E-state index in [4.69, 9.17) is 4.74 Å². The first-order valence-electron chi connectivity index (χ1n) is 33.2. The first kappa shape index (κ1) is 55.5. The van der Waals surface area contributed by atoms with E-state index < -0.39 is 5.41 Å². The molecule has 450 valence electrons. The summed E-state index contributed by atoms with van der Waals surface area (Å²) in [4.78, 5) is 5.22. The van der Waals surface area contributed by atoms with E-state index in [1.54, 1.807) is 0 Å². The highest BCUT2D eigenvalue weighted by Crippen LogP contribution is 2.63. The maximum atomic E-state index is 10.5. The third-order valence-corrected chi connectivity index (χ3v) is 20.8. The molecule has 3 aliphatic heterocycles. The van der Waals surface area contributed by atoms with Gasteiger partial charge in [-0.15, -0.1) is 0 Å². The Labute approximate surface area is 559 Å². The molecule has 0 saturated carbocycles. The Bertz CT molecular complexity index is 5600. The molecule has 15 aromatic rings. The lowest BCUT2D eigenvalue weighted by Crippen LogP contribution is -2.62. The molecule has 1 aliphatic carbocycles. The Kier molecular flexibility index (Phi) is 12.2. The highest BCUT2D eigenvalue weighted by molar-refractivity contribution is 7.00. The van der Waals surface area contributed by atoms with Crippen molar-refractivity contribution < 1.29 is 4.74 Å². The smallest absolute Gasteiger partial charge is 0.252 e. The van der Waals surface area contributed by atoms with Crippen molar-refractivity contribution in [2.24, 2.45) is 0 Å². The summed E-state index contributed by atoms with van der Waals surface area (Å²) in [5.41, 5.74) is 30.0. The minimum absolute atomic E-state index is 0.212. The Morgan fingerprint density at radius 3 is 1.52 bits per heavy atom. The maximum absolute atomic E-state index is 10.5. The molecule has 6 heteroatoms. The van der Waals surface area contributed by atoms with Gasteiger partial charge in [0.05, 0.1) is 39.5 Å². The highest BCUT2D eigenvalue weighted by atomic mass is 16.5. The van der Waals surface area contributed by atoms with Gasteiger partial charge in [0.25, 0.3) is 6.71 Å². The first-order valence-corrected chi connectivity index (χ1v) is 33.2. The van der Waals surface area contributed by atoms with E-state index in [-0.39, 0.29) is 12.1 Å². The van der Waals surface area contributed by atoms with E-state index in [9.17, 15) is 5.26 Å². The van der Waals surface area contributed by atoms with Crippen molar-refractivity contribution in [2.45, 2.75) is 31.6 Å². The summed E-state index contributed by atoms with van der Waals surface area (Å²) in [5.74, 6) is 1.65. The summed E-state index contributed by atoms with van der Waals surface area (Å²) in [6.45, 7) is 6.71. The summed E-state index contributed by atoms with van der Waals surface area (Å²) in [5, 5.41) is 12.6. The van der Waals surface area contributed by atoms with E-state index in [0.29, 0.717) is 5.56 Å². The van der Waals surface area contributed by atoms with Crippen LogP contribution < -0.4 is 30.9 Å². The minimum atomic E-state index is -0.740. The van der Waals surface area contributed by atoms with E-state index >= 15 is 0 Å². The number of hydrogen-bond acceptors (Lipinski definition) is 4. The summed E-state index contributed by atoms with van der Waals surface area (Å²) < 4.78 is 10.0. The van der Waals surface area contributed by atoms with Crippen molar-refractivity contribution >= 4 is 79.0 Å². The summed E-state index contributed by atoms with van der Waals surface area (Å²) in [7, 11) is 0. The van der Waals surface area contributed by atoms with Crippen LogP contribution in [0.3, 0.4) is 0 Å². The molecule has 5 nitrogen and oxygen atoms in total. The van der Waals surface area contributed by atoms with Gasteiger partial charge in [0, 0.05) is 67.5 Å². The number of nitriles is 1. The third kappa shape index (κ3) is 8.17. The molecule has 19 rings (SSSR count). The van der Waals surface area contributed by atoms with E-state index in [0.717, 1.165) is 129 Å². The number of rotatable bonds is 7. The van der Waals surface area contributed by atoms with Crippen LogP contribution in [0, 0.1) is 11.3 Å². The van der Waals surface area contributed by atoms with Gasteiger partial charge >= 0.3 is 0 Å². The van der Waals surface area contributed by atoms with Crippen LogP contribution in [0.25, 0.3) is 83.1 Å². The lowest BCUT2D eigenvalue weighted by molar-refractivity contribution is 0.437. The molecule has 0 atom stereocenters. The molecule has 0 saturated heterocycles. The van der Waals surface area contributed by atoms with Crippen LogP contribution in [0.1, 0.15) is 54.2 Å². The molecular formula is C90H61BN4O. The zero-order chi connectivity index (χ0) is 64.0. The number of benzene rings is 14. The number of nitrogens with zero attached hydrogens (tertiary/aromatic N) is 4. The fraction of sp³-hybridized carbons (Fsp3) is 0.0556. The van der Waals surface area contributed by atoms with Gasteiger partial charge in [0.15, 0.2) is 0 Å². The molecule has 1 aromatic heterocycles. The average Bonchev–Trinajstić information content (AvgIpc) is 1.15. The standard InChI is InChI=1S/C90H61BN4O/c1-89(2,3)64-44-46-81-77(51-64)91-78-54-76-86(96-85-42-23-21-40-75(85)90(76)73-38-19-16-33-69(73)70-34-17-20-39-74(70)90)55-82(78)94(65-49-62(58-25-8-4-9-26-58)48-63(50-65)59-27-10-5-11-28-59)83-52-66(93-79-41-22-18-35-71(79)72-47-57(56-92)43-45-80(72)93)53-84(87(83)91)95(81)88-67(60-29-12-6-13-30-60)36-24-37-68(88)61-31-14-7-15-32-61/h4-55H,1-3H3. The van der Waals surface area contributed by atoms with Crippen molar-refractivity contribution in [1.29, 1.82) is 5.26 Å². The van der Waals surface area contributed by atoms with Gasteiger partial charge in [-0.1, -0.05) is 263 Å². The number of hydrogen-bond donors (Lipinski definition) is 0. The number of para-hydroxylation sites is 3. The second-order valence-corrected chi connectivity index (χ2v) is 27.0. The topological polar surface area (TPSA) is 44.4 Å². The third-order valence-electron chi connectivity index (χ3n) is 20.8. The zero-order valence-corrected chi connectivity index (χ0v) is 53.3. The number of aromatic nitrogens is 1. The normalized spacial score (nSPS) is 13.5. The molecule has 4 aliphatic rings. The van der Waals surface area contributed by atoms with Gasteiger partial charge < -0.3 is 19.1 Å². The van der Waals surface area contributed by atoms with Gasteiger partial charge in [-0.05, 0) is 150 Å². The van der Waals surface area contributed by atoms with Gasteiger partial charge in [-0.2, -0.15) is 5.26 Å². The van der Waals surface area contributed by atoms with Crippen molar-refractivity contribution in [3.63, 3.8) is 0 Å². The molecule has 0 bridgehead atoms. The van der Waals surface area contributed by atoms with Crippen LogP contribution in [-0.2, 0) is 10.8 Å². The summed E-state index contributed by atoms with van der Waals surface area (Å²) >= 11 is 0. The summed E-state index contributed by atoms with van der Waals surface area (Å²) in [6, 6.07) is 119. The molecule has 0 fully saturated rings. The quantitative estimate of drug-likeness (QED) is 0.149. The van der Waals surface area contributed by atoms with Crippen LogP contribution in [0.5, 0.6) is 11.5 Å². The molecule has 0 unspecified atom stereocenters. The van der Waals surface area contributed by atoms with Crippen molar-refractivity contribution in [3.8, 4) is 78.9 Å². The highest BCUT2D eigenvalue weighted by Gasteiger charge is 2.53. The second-order valence-electron chi connectivity index (χ2n) is 27.0. The van der Waals surface area contributed by atoms with Crippen LogP contribution >= 0.6 is 0 Å². The number of ether oxygens (including phenoxy) is 1. The molecule has 1 spiro atoms. The number of anilines is 6. The second kappa shape index (κ2) is 21.2. The van der Waals surface area contributed by atoms with Crippen molar-refractivity contribution in [3.05, 3.63) is 349 Å². The average molecular weight is 1230 g/mol. The molecular weight excluding hydrogens is 1160 g/mol. The lowest BCUT2D eigenvalue weighted by Gasteiger charge is -2.47. The molecule has 14 aromatic carbocycles. The van der Waals surface area contributed by atoms with Gasteiger partial charge in [0.2, 0.25) is 0 Å². The number of fused-ring (bicyclic) bond motifs is 16. The maximum Gasteiger partial charge on any atom is 0.252 e. The minimum Gasteiger partial charge on any atom is -0.457 e. The van der Waals surface area contributed by atoms with E-state index in [1.165, 1.54) is 44.2 Å². The van der Waals surface area contributed by atoms with Gasteiger partial charge in [0.1, 0.15) is 11.5 Å². The Balaban J connectivity index is 1.01. The van der Waals surface area contributed by atoms with E-state index in [1.807, 2.05) is 6.07 Å². The molecule has 0 amide bonds. The predicted molar refractivity (Wildman–Crippen MR) is 397 cm³/mol. The van der Waals surface area contributed by atoms with Crippen LogP contribution in [0.15, 0.2) is 315 Å². The monoisotopic (exact) mass is 1220 g/mol. The fourth-order valence-corrected chi connectivity index (χ4v) is 16.6. The molecule has 4 heterocycles. The fourth-order valence-electron chi connectivity index (χ4n) is 16.6. The Morgan fingerprint density at radius 2 is 0.896 bits per heavy atom. The SMILES string of the molecule is CC(C)(C)c1ccc2c(c1)B1c3cc4c(cc3N(c3cc(-c5ccccc5)cc(-c5ccccc5)c3)c3cc(-n5c6ccccc6c6cc(C#N)ccc65)cc(c31)N2c1c(-c2ccccc2)cccc1-c1ccccc1)Oc1ccccc1C41c2ccccc2-c2ccccc21. The largest absolute Gasteiger partial charge is 0.457 e. The Hall–Kier alpha value is -12.2. The van der Waals surface area contributed by atoms with Crippen LogP contribution in [-0.4, -0.2) is 11.3 Å². The molecule has 96 heavy (non-hydrogen) atoms. The predicted octanol–water partition coefficient (Wildman–Crippen LogP) is 21.2. The van der Waals surface area contributed by atoms with Crippen LogP contribution in [0.4, 0.5) is 34.1 Å². The molecule has 0 N–H and O–H groups in total. The van der Waals surface area contributed by atoms with Crippen molar-refractivity contribution in [1.82, 2.24) is 4.57 Å². The first-order chi connectivity index (χ1) is 47.2. The zero-order valence-electron chi connectivity index (χ0n) is 53.3. The van der Waals surface area contributed by atoms with Crippen LogP contribution in [0.2, 0.25) is 0 Å². The molecule has 0 radical (unpaired) electrons. The van der Waals surface area contributed by atoms with E-state index in [2.05, 4.69) is 351 Å². The van der Waals surface area contributed by atoms with Crippen molar-refractivity contribution in [2.75, 3.05) is 9.80 Å². The van der Waals surface area contributed by atoms with Gasteiger partial charge in [-0.25, -0.2) is 0 Å².